The Morgan fingerprint density at radius 3 is 1.43 bits per heavy atom. The third-order valence-corrected chi connectivity index (χ3v) is 4.90. The topological polar surface area (TPSA) is 65.7 Å². The molecule has 0 saturated carbocycles. The molecule has 1 aliphatic rings. The van der Waals surface area contributed by atoms with Gasteiger partial charge in [-0.05, 0) is 24.3 Å². The summed E-state index contributed by atoms with van der Waals surface area (Å²) in [6, 6.07) is 15.0. The van der Waals surface area contributed by atoms with Crippen LogP contribution in [0.5, 0.6) is 0 Å². The van der Waals surface area contributed by atoms with Crippen LogP contribution in [0, 0.1) is 7.43 Å². The molecule has 0 amide bonds. The smallest absolute Gasteiger partial charge is 0.193 e. The number of hydrogen-bond donors (Lipinski definition) is 2. The molecular formula is C23H23N2O2Y-. The Labute approximate surface area is 189 Å². The molecule has 1 aliphatic carbocycles. The summed E-state index contributed by atoms with van der Waals surface area (Å²) >= 11 is 0. The Kier molecular flexibility index (Phi) is 7.13. The van der Waals surface area contributed by atoms with E-state index in [1.165, 1.54) is 0 Å². The van der Waals surface area contributed by atoms with Crippen molar-refractivity contribution in [2.75, 3.05) is 0 Å². The minimum Gasteiger partial charge on any atom is -0.358 e. The maximum Gasteiger partial charge on any atom is 0.193 e. The van der Waals surface area contributed by atoms with Crippen LogP contribution in [0.25, 0.3) is 21.8 Å². The minimum absolute atomic E-state index is 0. The van der Waals surface area contributed by atoms with Gasteiger partial charge >= 0.3 is 0 Å². The van der Waals surface area contributed by atoms with Gasteiger partial charge in [-0.25, -0.2) is 0 Å². The van der Waals surface area contributed by atoms with Crippen LogP contribution < -0.4 is 10.9 Å². The maximum atomic E-state index is 12.8. The fourth-order valence-corrected chi connectivity index (χ4v) is 3.68. The zero-order valence-corrected chi connectivity index (χ0v) is 19.3. The first kappa shape index (κ1) is 22.3. The molecule has 2 aromatic carbocycles. The van der Waals surface area contributed by atoms with Crippen LogP contribution >= 0.6 is 0 Å². The summed E-state index contributed by atoms with van der Waals surface area (Å²) in [5.41, 5.74) is 4.97. The second-order valence-electron chi connectivity index (χ2n) is 6.27. The molecule has 0 aliphatic heterocycles. The number of aromatic nitrogens is 2. The van der Waals surface area contributed by atoms with Gasteiger partial charge in [0, 0.05) is 89.9 Å². The molecule has 4 nitrogen and oxygen atoms in total. The molecule has 0 bridgehead atoms. The third kappa shape index (κ3) is 3.51. The minimum atomic E-state index is 0. The van der Waals surface area contributed by atoms with Crippen molar-refractivity contribution >= 4 is 21.8 Å². The van der Waals surface area contributed by atoms with E-state index in [1.807, 2.05) is 62.4 Å². The average molecular weight is 448 g/mol. The molecule has 2 heterocycles. The second kappa shape index (κ2) is 8.98. The summed E-state index contributed by atoms with van der Waals surface area (Å²) in [6.07, 6.45) is 0.926. The average Bonchev–Trinajstić information content (AvgIpc) is 2.69. The molecule has 141 valence electrons. The molecule has 5 rings (SSSR count). The molecule has 0 saturated heterocycles. The summed E-state index contributed by atoms with van der Waals surface area (Å²) < 4.78 is 0. The summed E-state index contributed by atoms with van der Waals surface area (Å²) in [6.45, 7) is 4.00. The number of aromatic amines is 2. The van der Waals surface area contributed by atoms with Crippen LogP contribution in [0.3, 0.4) is 0 Å². The van der Waals surface area contributed by atoms with Crippen LogP contribution in [-0.2, 0) is 45.6 Å². The second-order valence-corrected chi connectivity index (χ2v) is 6.27. The van der Waals surface area contributed by atoms with Gasteiger partial charge in [0.15, 0.2) is 10.9 Å². The van der Waals surface area contributed by atoms with E-state index < -0.39 is 0 Å². The predicted octanol–water partition coefficient (Wildman–Crippen LogP) is 4.34. The fraction of sp³-hybridized carbons (Fsp3) is 0.174. The largest absolute Gasteiger partial charge is 0.358 e. The number of hydrogen-bond acceptors (Lipinski definition) is 2. The van der Waals surface area contributed by atoms with Crippen molar-refractivity contribution in [2.24, 2.45) is 0 Å². The van der Waals surface area contributed by atoms with E-state index in [9.17, 15) is 9.59 Å². The molecule has 2 N–H and O–H groups in total. The first-order valence-electron chi connectivity index (χ1n) is 8.98. The number of H-pyrrole nitrogens is 2. The molecule has 0 unspecified atom stereocenters. The van der Waals surface area contributed by atoms with Crippen molar-refractivity contribution in [1.82, 2.24) is 9.97 Å². The summed E-state index contributed by atoms with van der Waals surface area (Å²) in [7, 11) is 0. The number of benzene rings is 2. The van der Waals surface area contributed by atoms with E-state index in [2.05, 4.69) is 9.97 Å². The van der Waals surface area contributed by atoms with E-state index in [4.69, 9.17) is 0 Å². The van der Waals surface area contributed by atoms with Gasteiger partial charge in [0.25, 0.3) is 0 Å². The van der Waals surface area contributed by atoms with Crippen LogP contribution in [0.2, 0.25) is 0 Å². The van der Waals surface area contributed by atoms with Crippen molar-refractivity contribution in [3.63, 3.8) is 0 Å². The molecule has 28 heavy (non-hydrogen) atoms. The molecule has 5 heteroatoms. The Bertz CT molecular complexity index is 1160. The number of nitrogens with one attached hydrogen (secondary N) is 2. The van der Waals surface area contributed by atoms with Crippen LogP contribution in [0.4, 0.5) is 0 Å². The standard InChI is InChI=1S/C20H14N2O2.C2H6.CH3.Y/c23-19-11-5-1-3-7-15(11)21-17-10-14-18(9-13(17)19)22-16-8-4-2-6-12(16)20(14)24;1-2;;/h1-8H,9-10H2,(H,21,23)(H,22,24);1-2H3;1H3;/q;;-1;. The number of pyridine rings is 2. The molecule has 0 fully saturated rings. The first-order valence-corrected chi connectivity index (χ1v) is 8.98. The number of fused-ring (bicyclic) bond motifs is 4. The zero-order chi connectivity index (χ0) is 18.3. The third-order valence-electron chi connectivity index (χ3n) is 4.90. The number of rotatable bonds is 0. The van der Waals surface area contributed by atoms with Crippen LogP contribution in [-0.4, -0.2) is 9.97 Å². The van der Waals surface area contributed by atoms with Gasteiger partial charge in [0.05, 0.1) is 0 Å². The maximum absolute atomic E-state index is 12.8. The Morgan fingerprint density at radius 1 is 0.679 bits per heavy atom. The Balaban J connectivity index is 0.000000680. The van der Waals surface area contributed by atoms with Gasteiger partial charge < -0.3 is 17.4 Å². The monoisotopic (exact) mass is 448 g/mol. The number of para-hydroxylation sites is 2. The zero-order valence-electron chi connectivity index (χ0n) is 16.4. The molecule has 2 aromatic heterocycles. The van der Waals surface area contributed by atoms with Gasteiger partial charge in [0.2, 0.25) is 0 Å². The van der Waals surface area contributed by atoms with Gasteiger partial charge in [-0.1, -0.05) is 38.1 Å². The van der Waals surface area contributed by atoms with E-state index in [-0.39, 0.29) is 51.0 Å². The van der Waals surface area contributed by atoms with Gasteiger partial charge in [0.1, 0.15) is 0 Å². The van der Waals surface area contributed by atoms with Crippen LogP contribution in [0.1, 0.15) is 36.4 Å². The van der Waals surface area contributed by atoms with Gasteiger partial charge in [-0.3, -0.25) is 9.59 Å². The summed E-state index contributed by atoms with van der Waals surface area (Å²) in [4.78, 5) is 32.3. The van der Waals surface area contributed by atoms with E-state index >= 15 is 0 Å². The van der Waals surface area contributed by atoms with Crippen molar-refractivity contribution < 1.29 is 32.7 Å². The SMILES string of the molecule is CC.O=c1c2c([nH]c3ccccc13)Cc1c([nH]c3ccccc3c1=O)C2.[CH3-].[Y]. The molecule has 4 aromatic rings. The predicted molar refractivity (Wildman–Crippen MR) is 113 cm³/mol. The van der Waals surface area contributed by atoms with Gasteiger partial charge in [-0.2, -0.15) is 0 Å². The van der Waals surface area contributed by atoms with Crippen molar-refractivity contribution in [2.45, 2.75) is 26.7 Å². The first-order chi connectivity index (χ1) is 12.7. The Morgan fingerprint density at radius 2 is 1.04 bits per heavy atom. The molecular weight excluding hydrogens is 425 g/mol. The quantitative estimate of drug-likeness (QED) is 0.346. The van der Waals surface area contributed by atoms with Crippen molar-refractivity contribution in [3.8, 4) is 0 Å². The van der Waals surface area contributed by atoms with Crippen LogP contribution in [0.15, 0.2) is 58.1 Å². The molecule has 0 spiro atoms. The molecule has 0 atom stereocenters. The van der Waals surface area contributed by atoms with Crippen molar-refractivity contribution in [1.29, 1.82) is 0 Å². The van der Waals surface area contributed by atoms with Gasteiger partial charge in [-0.15, -0.1) is 0 Å². The molecule has 1 radical (unpaired) electrons. The Hall–Kier alpha value is -2.04. The fourth-order valence-electron chi connectivity index (χ4n) is 3.68. The van der Waals surface area contributed by atoms with E-state index in [1.54, 1.807) is 0 Å². The van der Waals surface area contributed by atoms with Crippen molar-refractivity contribution in [3.05, 3.63) is 98.9 Å². The van der Waals surface area contributed by atoms with E-state index in [0.29, 0.717) is 23.6 Å². The van der Waals surface area contributed by atoms with E-state index in [0.717, 1.165) is 33.5 Å². The normalized spacial score (nSPS) is 11.4. The summed E-state index contributed by atoms with van der Waals surface area (Å²) in [5.74, 6) is 0. The summed E-state index contributed by atoms with van der Waals surface area (Å²) in [5, 5.41) is 1.39.